The van der Waals surface area contributed by atoms with Crippen molar-refractivity contribution in [2.45, 2.75) is 38.1 Å². The third kappa shape index (κ3) is 3.96. The molecule has 4 heteroatoms. The largest absolute Gasteiger partial charge is 0.342 e. The fraction of sp³-hybridized carbons (Fsp3) is 0.455. The molecule has 4 rings (SSSR count). The molecule has 1 aromatic carbocycles. The second-order valence-electron chi connectivity index (χ2n) is 7.43. The van der Waals surface area contributed by atoms with Crippen LogP contribution in [0.3, 0.4) is 0 Å². The number of carbonyl (C=O) groups is 1. The molecule has 2 fully saturated rings. The number of carbonyl (C=O) groups excluding carboxylic acids is 1. The summed E-state index contributed by atoms with van der Waals surface area (Å²) < 4.78 is 0. The topological polar surface area (TPSA) is 36.4 Å². The lowest BCUT2D eigenvalue weighted by Gasteiger charge is -2.26. The van der Waals surface area contributed by atoms with Crippen molar-refractivity contribution in [3.05, 3.63) is 65.5 Å². The Morgan fingerprint density at radius 1 is 0.962 bits per heavy atom. The van der Waals surface area contributed by atoms with Crippen LogP contribution in [0.15, 0.2) is 48.5 Å². The van der Waals surface area contributed by atoms with Crippen LogP contribution in [-0.4, -0.2) is 46.9 Å². The Labute approximate surface area is 155 Å². The Morgan fingerprint density at radius 3 is 2.58 bits per heavy atom. The minimum atomic E-state index is 0.275. The normalized spacial score (nSPS) is 20.6. The molecule has 0 aliphatic carbocycles. The van der Waals surface area contributed by atoms with Gasteiger partial charge in [-0.3, -0.25) is 14.7 Å². The van der Waals surface area contributed by atoms with E-state index in [1.54, 1.807) is 0 Å². The van der Waals surface area contributed by atoms with Crippen molar-refractivity contribution in [2.24, 2.45) is 0 Å². The van der Waals surface area contributed by atoms with Crippen LogP contribution in [-0.2, 0) is 11.2 Å². The molecular weight excluding hydrogens is 322 g/mol. The number of aromatic nitrogens is 1. The molecule has 26 heavy (non-hydrogen) atoms. The van der Waals surface area contributed by atoms with Gasteiger partial charge in [-0.1, -0.05) is 36.4 Å². The van der Waals surface area contributed by atoms with Crippen LogP contribution < -0.4 is 0 Å². The van der Waals surface area contributed by atoms with E-state index in [2.05, 4.69) is 47.4 Å². The number of likely N-dealkylation sites (tertiary alicyclic amines) is 2. The molecule has 1 amide bonds. The van der Waals surface area contributed by atoms with Gasteiger partial charge in [0.25, 0.3) is 0 Å². The van der Waals surface area contributed by atoms with Gasteiger partial charge >= 0.3 is 0 Å². The van der Waals surface area contributed by atoms with Gasteiger partial charge in [0.1, 0.15) is 0 Å². The van der Waals surface area contributed by atoms with Crippen LogP contribution in [0.1, 0.15) is 48.7 Å². The highest BCUT2D eigenvalue weighted by atomic mass is 16.2. The molecule has 2 aromatic rings. The van der Waals surface area contributed by atoms with E-state index in [1.165, 1.54) is 5.56 Å². The lowest BCUT2D eigenvalue weighted by Crippen LogP contribution is -2.38. The average Bonchev–Trinajstić information content (AvgIpc) is 3.35. The van der Waals surface area contributed by atoms with E-state index in [-0.39, 0.29) is 11.9 Å². The average molecular weight is 349 g/mol. The highest BCUT2D eigenvalue weighted by molar-refractivity contribution is 5.78. The van der Waals surface area contributed by atoms with Crippen LogP contribution in [0.25, 0.3) is 0 Å². The Kier molecular flexibility index (Phi) is 5.30. The van der Waals surface area contributed by atoms with Crippen LogP contribution >= 0.6 is 0 Å². The summed E-state index contributed by atoms with van der Waals surface area (Å²) in [6, 6.07) is 17.1. The molecule has 2 aliphatic heterocycles. The second-order valence-corrected chi connectivity index (χ2v) is 7.43. The molecule has 0 spiro atoms. The summed E-state index contributed by atoms with van der Waals surface area (Å²) in [5.74, 6) is 0.287. The summed E-state index contributed by atoms with van der Waals surface area (Å²) in [7, 11) is 0. The number of hydrogen-bond acceptors (Lipinski definition) is 3. The minimum Gasteiger partial charge on any atom is -0.342 e. The molecule has 1 atom stereocenters. The SMILES string of the molecule is O=C(CN1CCC[C@@H]1c1cccc(Cc2ccccc2)n1)N1CCCC1. The highest BCUT2D eigenvalue weighted by Gasteiger charge is 2.30. The van der Waals surface area contributed by atoms with Crippen molar-refractivity contribution < 1.29 is 4.79 Å². The molecule has 2 saturated heterocycles. The van der Waals surface area contributed by atoms with Crippen molar-refractivity contribution in [1.29, 1.82) is 0 Å². The predicted molar refractivity (Wildman–Crippen MR) is 103 cm³/mol. The third-order valence-electron chi connectivity index (χ3n) is 5.56. The number of pyridine rings is 1. The van der Waals surface area contributed by atoms with Gasteiger partial charge in [0.05, 0.1) is 18.3 Å². The summed E-state index contributed by atoms with van der Waals surface area (Å²) in [6.45, 7) is 3.40. The Bertz CT molecular complexity index is 740. The van der Waals surface area contributed by atoms with E-state index in [9.17, 15) is 4.79 Å². The molecule has 3 heterocycles. The first-order valence-electron chi connectivity index (χ1n) is 9.81. The summed E-state index contributed by atoms with van der Waals surface area (Å²) >= 11 is 0. The van der Waals surface area contributed by atoms with Gasteiger partial charge in [-0.15, -0.1) is 0 Å². The van der Waals surface area contributed by atoms with E-state index < -0.39 is 0 Å². The Balaban J connectivity index is 1.45. The Hall–Kier alpha value is -2.20. The van der Waals surface area contributed by atoms with Gasteiger partial charge in [0.15, 0.2) is 0 Å². The molecular formula is C22H27N3O. The van der Waals surface area contributed by atoms with E-state index in [1.807, 2.05) is 11.0 Å². The van der Waals surface area contributed by atoms with Crippen molar-refractivity contribution in [3.8, 4) is 0 Å². The number of benzene rings is 1. The van der Waals surface area contributed by atoms with Gasteiger partial charge in [-0.25, -0.2) is 0 Å². The number of amides is 1. The summed E-state index contributed by atoms with van der Waals surface area (Å²) in [6.07, 6.45) is 5.39. The minimum absolute atomic E-state index is 0.275. The predicted octanol–water partition coefficient (Wildman–Crippen LogP) is 3.43. The lowest BCUT2D eigenvalue weighted by molar-refractivity contribution is -0.131. The van der Waals surface area contributed by atoms with E-state index >= 15 is 0 Å². The zero-order valence-electron chi connectivity index (χ0n) is 15.3. The lowest BCUT2D eigenvalue weighted by atomic mass is 10.1. The van der Waals surface area contributed by atoms with Gasteiger partial charge in [-0.05, 0) is 49.9 Å². The highest BCUT2D eigenvalue weighted by Crippen LogP contribution is 2.31. The summed E-state index contributed by atoms with van der Waals surface area (Å²) in [5, 5.41) is 0. The quantitative estimate of drug-likeness (QED) is 0.830. The fourth-order valence-electron chi connectivity index (χ4n) is 4.18. The molecule has 0 saturated carbocycles. The first-order chi connectivity index (χ1) is 12.8. The number of hydrogen-bond donors (Lipinski definition) is 0. The van der Waals surface area contributed by atoms with E-state index in [0.717, 1.165) is 63.1 Å². The van der Waals surface area contributed by atoms with Crippen LogP contribution in [0.2, 0.25) is 0 Å². The summed E-state index contributed by atoms with van der Waals surface area (Å²) in [5.41, 5.74) is 3.50. The van der Waals surface area contributed by atoms with Crippen LogP contribution in [0, 0.1) is 0 Å². The molecule has 0 N–H and O–H groups in total. The molecule has 0 radical (unpaired) electrons. The second kappa shape index (κ2) is 8.00. The van der Waals surface area contributed by atoms with Gasteiger partial charge in [0.2, 0.25) is 5.91 Å². The van der Waals surface area contributed by atoms with Crippen molar-refractivity contribution in [1.82, 2.24) is 14.8 Å². The van der Waals surface area contributed by atoms with Crippen LogP contribution in [0.5, 0.6) is 0 Å². The van der Waals surface area contributed by atoms with Gasteiger partial charge in [0, 0.05) is 25.2 Å². The number of rotatable bonds is 5. The standard InChI is InChI=1S/C22H27N3O/c26-22(24-13-4-5-14-24)17-25-15-7-12-21(25)20-11-6-10-19(23-20)16-18-8-2-1-3-9-18/h1-3,6,8-11,21H,4-5,7,12-17H2/t21-/m1/s1. The van der Waals surface area contributed by atoms with Crippen molar-refractivity contribution in [3.63, 3.8) is 0 Å². The summed E-state index contributed by atoms with van der Waals surface area (Å²) in [4.78, 5) is 21.8. The van der Waals surface area contributed by atoms with Gasteiger partial charge < -0.3 is 4.90 Å². The van der Waals surface area contributed by atoms with Crippen LogP contribution in [0.4, 0.5) is 0 Å². The monoisotopic (exact) mass is 349 g/mol. The molecule has 0 bridgehead atoms. The zero-order valence-corrected chi connectivity index (χ0v) is 15.3. The van der Waals surface area contributed by atoms with Gasteiger partial charge in [-0.2, -0.15) is 0 Å². The number of nitrogens with zero attached hydrogens (tertiary/aromatic N) is 3. The molecule has 136 valence electrons. The Morgan fingerprint density at radius 2 is 1.77 bits per heavy atom. The maximum absolute atomic E-state index is 12.6. The van der Waals surface area contributed by atoms with E-state index in [4.69, 9.17) is 4.98 Å². The molecule has 1 aromatic heterocycles. The first-order valence-corrected chi connectivity index (χ1v) is 9.81. The zero-order chi connectivity index (χ0) is 17.8. The van der Waals surface area contributed by atoms with E-state index in [0.29, 0.717) is 6.54 Å². The fourth-order valence-corrected chi connectivity index (χ4v) is 4.18. The maximum atomic E-state index is 12.6. The first kappa shape index (κ1) is 17.2. The third-order valence-corrected chi connectivity index (χ3v) is 5.56. The van der Waals surface area contributed by atoms with Crippen molar-refractivity contribution >= 4 is 5.91 Å². The molecule has 2 aliphatic rings. The van der Waals surface area contributed by atoms with Crippen molar-refractivity contribution in [2.75, 3.05) is 26.2 Å². The molecule has 0 unspecified atom stereocenters. The molecule has 4 nitrogen and oxygen atoms in total. The maximum Gasteiger partial charge on any atom is 0.236 e. The smallest absolute Gasteiger partial charge is 0.236 e.